The van der Waals surface area contributed by atoms with E-state index in [2.05, 4.69) is 4.98 Å². The maximum absolute atomic E-state index is 5.52. The van der Waals surface area contributed by atoms with Crippen LogP contribution in [0.5, 0.6) is 0 Å². The van der Waals surface area contributed by atoms with E-state index >= 15 is 0 Å². The summed E-state index contributed by atoms with van der Waals surface area (Å²) in [7, 11) is 0. The highest BCUT2D eigenvalue weighted by molar-refractivity contribution is 5.76. The van der Waals surface area contributed by atoms with Crippen molar-refractivity contribution < 1.29 is 9.15 Å². The van der Waals surface area contributed by atoms with Crippen LogP contribution in [-0.2, 0) is 11.3 Å². The predicted molar refractivity (Wildman–Crippen MR) is 57.5 cm³/mol. The van der Waals surface area contributed by atoms with E-state index in [-0.39, 0.29) is 0 Å². The maximum atomic E-state index is 5.52. The highest BCUT2D eigenvalue weighted by atomic mass is 16.5. The molecule has 0 aliphatic rings. The number of para-hydroxylation sites is 1. The number of ether oxygens (including phenoxy) is 1. The summed E-state index contributed by atoms with van der Waals surface area (Å²) in [6, 6.07) is 5.87. The van der Waals surface area contributed by atoms with Gasteiger partial charge >= 0.3 is 0 Å². The molecule has 0 bridgehead atoms. The van der Waals surface area contributed by atoms with E-state index in [1.54, 1.807) is 0 Å². The van der Waals surface area contributed by atoms with E-state index in [9.17, 15) is 0 Å². The van der Waals surface area contributed by atoms with E-state index in [1.165, 1.54) is 0 Å². The Labute approximate surface area is 88.0 Å². The van der Waals surface area contributed by atoms with Crippen LogP contribution in [0.1, 0.15) is 11.5 Å². The van der Waals surface area contributed by atoms with E-state index in [0.29, 0.717) is 25.6 Å². The first-order valence-corrected chi connectivity index (χ1v) is 4.94. The number of hydrogen-bond donors (Lipinski definition) is 1. The summed E-state index contributed by atoms with van der Waals surface area (Å²) in [5.41, 5.74) is 8.14. The summed E-state index contributed by atoms with van der Waals surface area (Å²) in [6.07, 6.45) is 0. The van der Waals surface area contributed by atoms with Gasteiger partial charge in [0.05, 0.1) is 6.61 Å². The van der Waals surface area contributed by atoms with Crippen LogP contribution >= 0.6 is 0 Å². The summed E-state index contributed by atoms with van der Waals surface area (Å²) < 4.78 is 10.8. The van der Waals surface area contributed by atoms with Crippen molar-refractivity contribution in [3.05, 3.63) is 29.7 Å². The summed E-state index contributed by atoms with van der Waals surface area (Å²) in [6.45, 7) is 3.43. The number of nitrogens with two attached hydrogens (primary N) is 1. The third-order valence-corrected chi connectivity index (χ3v) is 2.15. The van der Waals surface area contributed by atoms with Gasteiger partial charge < -0.3 is 14.9 Å². The van der Waals surface area contributed by atoms with Crippen molar-refractivity contribution in [1.82, 2.24) is 4.98 Å². The quantitative estimate of drug-likeness (QED) is 0.772. The van der Waals surface area contributed by atoms with Crippen LogP contribution in [0, 0.1) is 6.92 Å². The summed E-state index contributed by atoms with van der Waals surface area (Å²) >= 11 is 0. The van der Waals surface area contributed by atoms with Crippen molar-refractivity contribution in [3.63, 3.8) is 0 Å². The highest BCUT2D eigenvalue weighted by Gasteiger charge is 2.06. The second kappa shape index (κ2) is 4.42. The van der Waals surface area contributed by atoms with Gasteiger partial charge in [-0.25, -0.2) is 4.98 Å². The summed E-state index contributed by atoms with van der Waals surface area (Å²) in [5, 5.41) is 0. The fourth-order valence-electron chi connectivity index (χ4n) is 1.44. The number of aryl methyl sites for hydroxylation is 1. The van der Waals surface area contributed by atoms with Crippen LogP contribution in [0.4, 0.5) is 0 Å². The largest absolute Gasteiger partial charge is 0.438 e. The van der Waals surface area contributed by atoms with Crippen LogP contribution in [0.3, 0.4) is 0 Å². The minimum absolute atomic E-state index is 0.380. The van der Waals surface area contributed by atoms with E-state index in [1.807, 2.05) is 25.1 Å². The normalized spacial score (nSPS) is 11.1. The highest BCUT2D eigenvalue weighted by Crippen LogP contribution is 2.18. The first kappa shape index (κ1) is 10.1. The average Bonchev–Trinajstić information content (AvgIpc) is 2.63. The molecule has 0 saturated heterocycles. The second-order valence-corrected chi connectivity index (χ2v) is 3.37. The van der Waals surface area contributed by atoms with Crippen LogP contribution in [0.15, 0.2) is 22.6 Å². The number of nitrogens with zero attached hydrogens (tertiary/aromatic N) is 1. The molecule has 2 N–H and O–H groups in total. The van der Waals surface area contributed by atoms with Gasteiger partial charge in [-0.15, -0.1) is 0 Å². The van der Waals surface area contributed by atoms with Gasteiger partial charge in [-0.05, 0) is 18.6 Å². The fraction of sp³-hybridized carbons (Fsp3) is 0.364. The number of benzene rings is 1. The van der Waals surface area contributed by atoms with Crippen molar-refractivity contribution >= 4 is 11.1 Å². The molecule has 0 atom stereocenters. The van der Waals surface area contributed by atoms with Gasteiger partial charge in [0.25, 0.3) is 0 Å². The molecule has 0 spiro atoms. The number of aromatic nitrogens is 1. The third-order valence-electron chi connectivity index (χ3n) is 2.15. The molecule has 2 aromatic rings. The molecular weight excluding hydrogens is 192 g/mol. The molecule has 1 heterocycles. The lowest BCUT2D eigenvalue weighted by Crippen LogP contribution is -2.08. The van der Waals surface area contributed by atoms with E-state index < -0.39 is 0 Å². The Hall–Kier alpha value is -1.39. The van der Waals surface area contributed by atoms with Crippen molar-refractivity contribution in [2.45, 2.75) is 13.5 Å². The lowest BCUT2D eigenvalue weighted by Gasteiger charge is -1.96. The molecule has 0 aliphatic heterocycles. The van der Waals surface area contributed by atoms with Gasteiger partial charge in [-0.2, -0.15) is 0 Å². The lowest BCUT2D eigenvalue weighted by molar-refractivity contribution is 0.110. The number of rotatable bonds is 4. The Morgan fingerprint density at radius 1 is 1.47 bits per heavy atom. The van der Waals surface area contributed by atoms with E-state index in [0.717, 1.165) is 16.7 Å². The zero-order valence-corrected chi connectivity index (χ0v) is 8.69. The summed E-state index contributed by atoms with van der Waals surface area (Å²) in [4.78, 5) is 4.35. The Morgan fingerprint density at radius 2 is 2.33 bits per heavy atom. The molecule has 4 nitrogen and oxygen atoms in total. The van der Waals surface area contributed by atoms with Gasteiger partial charge in [0.2, 0.25) is 5.89 Å². The first-order valence-electron chi connectivity index (χ1n) is 4.94. The monoisotopic (exact) mass is 206 g/mol. The fourth-order valence-corrected chi connectivity index (χ4v) is 1.44. The van der Waals surface area contributed by atoms with Crippen molar-refractivity contribution in [2.24, 2.45) is 5.73 Å². The van der Waals surface area contributed by atoms with Gasteiger partial charge in [-0.3, -0.25) is 0 Å². The molecule has 0 saturated carbocycles. The topological polar surface area (TPSA) is 61.3 Å². The third kappa shape index (κ3) is 2.16. The average molecular weight is 206 g/mol. The van der Waals surface area contributed by atoms with Crippen LogP contribution in [-0.4, -0.2) is 18.1 Å². The molecule has 0 amide bonds. The molecule has 4 heteroatoms. The SMILES string of the molecule is Cc1cccc2oc(COCCN)nc12. The Kier molecular flexibility index (Phi) is 2.99. The first-order chi connectivity index (χ1) is 7.31. The van der Waals surface area contributed by atoms with Crippen LogP contribution in [0.2, 0.25) is 0 Å². The van der Waals surface area contributed by atoms with Crippen molar-refractivity contribution in [3.8, 4) is 0 Å². The minimum atomic E-state index is 0.380. The molecule has 0 fully saturated rings. The minimum Gasteiger partial charge on any atom is -0.438 e. The van der Waals surface area contributed by atoms with Gasteiger partial charge in [0, 0.05) is 6.54 Å². The molecule has 0 radical (unpaired) electrons. The van der Waals surface area contributed by atoms with Gasteiger partial charge in [0.15, 0.2) is 5.58 Å². The van der Waals surface area contributed by atoms with Crippen molar-refractivity contribution in [2.75, 3.05) is 13.2 Å². The number of hydrogen-bond acceptors (Lipinski definition) is 4. The molecule has 2 rings (SSSR count). The van der Waals surface area contributed by atoms with E-state index in [4.69, 9.17) is 14.9 Å². The lowest BCUT2D eigenvalue weighted by atomic mass is 10.2. The molecule has 1 aromatic heterocycles. The zero-order valence-electron chi connectivity index (χ0n) is 8.69. The standard InChI is InChI=1S/C11H14N2O2/c1-8-3-2-4-9-11(8)13-10(15-9)7-14-6-5-12/h2-4H,5-7,12H2,1H3. The molecule has 1 aromatic carbocycles. The van der Waals surface area contributed by atoms with Crippen LogP contribution in [0.25, 0.3) is 11.1 Å². The number of oxazole rings is 1. The van der Waals surface area contributed by atoms with Crippen molar-refractivity contribution in [1.29, 1.82) is 0 Å². The summed E-state index contributed by atoms with van der Waals surface area (Å²) in [5.74, 6) is 0.604. The molecule has 15 heavy (non-hydrogen) atoms. The Balaban J connectivity index is 2.20. The zero-order chi connectivity index (χ0) is 10.7. The Morgan fingerprint density at radius 3 is 3.07 bits per heavy atom. The number of fused-ring (bicyclic) bond motifs is 1. The van der Waals surface area contributed by atoms with Gasteiger partial charge in [0.1, 0.15) is 12.1 Å². The van der Waals surface area contributed by atoms with Crippen LogP contribution < -0.4 is 5.73 Å². The molecule has 0 unspecified atom stereocenters. The molecule has 0 aliphatic carbocycles. The molecule has 80 valence electrons. The maximum Gasteiger partial charge on any atom is 0.221 e. The smallest absolute Gasteiger partial charge is 0.221 e. The van der Waals surface area contributed by atoms with Gasteiger partial charge in [-0.1, -0.05) is 12.1 Å². The second-order valence-electron chi connectivity index (χ2n) is 3.37. The molecular formula is C11H14N2O2. The Bertz CT molecular complexity index is 451. The predicted octanol–water partition coefficient (Wildman–Crippen LogP) is 1.61.